The van der Waals surface area contributed by atoms with Gasteiger partial charge in [0.1, 0.15) is 18.3 Å². The Bertz CT molecular complexity index is 1410. The summed E-state index contributed by atoms with van der Waals surface area (Å²) in [6, 6.07) is 19.2. The summed E-state index contributed by atoms with van der Waals surface area (Å²) >= 11 is 6.02. The molecule has 0 saturated carbocycles. The molecule has 0 bridgehead atoms. The zero-order chi connectivity index (χ0) is 30.0. The predicted octanol–water partition coefficient (Wildman–Crippen LogP) is 5.58. The van der Waals surface area contributed by atoms with Crippen molar-refractivity contribution in [3.8, 4) is 5.75 Å². The van der Waals surface area contributed by atoms with E-state index in [0.717, 1.165) is 21.9 Å². The molecule has 0 heterocycles. The van der Waals surface area contributed by atoms with Gasteiger partial charge in [-0.2, -0.15) is 0 Å². The lowest BCUT2D eigenvalue weighted by Gasteiger charge is -2.33. The highest BCUT2D eigenvalue weighted by molar-refractivity contribution is 7.92. The Balaban J connectivity index is 2.05. The molecule has 3 rings (SSSR count). The topological polar surface area (TPSA) is 96.0 Å². The molecule has 8 nitrogen and oxygen atoms in total. The third-order valence-corrected chi connectivity index (χ3v) is 8.53. The number of carbonyl (C=O) groups is 2. The second-order valence-electron chi connectivity index (χ2n) is 9.62. The summed E-state index contributed by atoms with van der Waals surface area (Å²) in [5.74, 6) is -0.203. The first-order valence-corrected chi connectivity index (χ1v) is 15.6. The average Bonchev–Trinajstić information content (AvgIpc) is 2.95. The minimum Gasteiger partial charge on any atom is -0.494 e. The monoisotopic (exact) mass is 599 g/mol. The Morgan fingerprint density at radius 1 is 0.976 bits per heavy atom. The van der Waals surface area contributed by atoms with Crippen LogP contribution in [0.4, 0.5) is 5.69 Å². The van der Waals surface area contributed by atoms with Crippen molar-refractivity contribution in [2.75, 3.05) is 24.0 Å². The Kier molecular flexibility index (Phi) is 11.6. The van der Waals surface area contributed by atoms with Gasteiger partial charge in [-0.15, -0.1) is 0 Å². The van der Waals surface area contributed by atoms with Crippen LogP contribution in [0.5, 0.6) is 5.75 Å². The second-order valence-corrected chi connectivity index (χ2v) is 11.9. The van der Waals surface area contributed by atoms with Gasteiger partial charge in [0.05, 0.1) is 17.2 Å². The van der Waals surface area contributed by atoms with Crippen molar-refractivity contribution >= 4 is 39.1 Å². The number of nitrogens with one attached hydrogen (secondary N) is 1. The molecule has 0 aliphatic rings. The number of ether oxygens (including phenoxy) is 1. The van der Waals surface area contributed by atoms with Gasteiger partial charge >= 0.3 is 0 Å². The molecule has 3 aromatic carbocycles. The maximum atomic E-state index is 14.1. The summed E-state index contributed by atoms with van der Waals surface area (Å²) < 4.78 is 34.4. The van der Waals surface area contributed by atoms with Crippen LogP contribution in [0.25, 0.3) is 0 Å². The first-order chi connectivity index (χ1) is 19.6. The van der Waals surface area contributed by atoms with Crippen molar-refractivity contribution in [2.45, 2.75) is 58.0 Å². The van der Waals surface area contributed by atoms with Crippen LogP contribution < -0.4 is 14.4 Å². The number of amides is 2. The smallest absolute Gasteiger partial charge is 0.264 e. The van der Waals surface area contributed by atoms with Crippen molar-refractivity contribution in [3.63, 3.8) is 0 Å². The summed E-state index contributed by atoms with van der Waals surface area (Å²) in [7, 11) is -4.19. The minimum atomic E-state index is -4.19. The molecule has 0 aliphatic heterocycles. The third kappa shape index (κ3) is 8.47. The Morgan fingerprint density at radius 3 is 2.24 bits per heavy atom. The summed E-state index contributed by atoms with van der Waals surface area (Å²) in [6.07, 6.45) is 1.11. The molecule has 0 aromatic heterocycles. The molecule has 1 unspecified atom stereocenters. The highest BCUT2D eigenvalue weighted by Gasteiger charge is 2.33. The van der Waals surface area contributed by atoms with E-state index in [-0.39, 0.29) is 23.0 Å². The molecular weight excluding hydrogens is 562 g/mol. The lowest BCUT2D eigenvalue weighted by atomic mass is 10.1. The molecule has 10 heteroatoms. The molecule has 1 N–H and O–H groups in total. The van der Waals surface area contributed by atoms with Crippen molar-refractivity contribution in [1.82, 2.24) is 10.2 Å². The molecule has 1 atom stereocenters. The summed E-state index contributed by atoms with van der Waals surface area (Å²) in [4.78, 5) is 28.7. The largest absolute Gasteiger partial charge is 0.494 e. The van der Waals surface area contributed by atoms with Crippen molar-refractivity contribution < 1.29 is 22.7 Å². The molecule has 3 aromatic rings. The summed E-state index contributed by atoms with van der Waals surface area (Å²) in [6.45, 7) is 8.16. The first-order valence-electron chi connectivity index (χ1n) is 13.7. The van der Waals surface area contributed by atoms with E-state index in [1.807, 2.05) is 52.0 Å². The normalized spacial score (nSPS) is 11.9. The lowest BCUT2D eigenvalue weighted by Crippen LogP contribution is -2.52. The maximum Gasteiger partial charge on any atom is 0.264 e. The summed E-state index contributed by atoms with van der Waals surface area (Å²) in [5, 5.41) is 3.28. The van der Waals surface area contributed by atoms with Gasteiger partial charge in [-0.05, 0) is 80.8 Å². The van der Waals surface area contributed by atoms with Crippen LogP contribution in [-0.4, -0.2) is 50.9 Å². The molecule has 0 saturated heterocycles. The van der Waals surface area contributed by atoms with Crippen LogP contribution in [0.15, 0.2) is 77.7 Å². The van der Waals surface area contributed by atoms with Crippen LogP contribution in [0.3, 0.4) is 0 Å². The molecule has 0 radical (unpaired) electrons. The van der Waals surface area contributed by atoms with E-state index in [4.69, 9.17) is 16.3 Å². The number of benzene rings is 3. The molecule has 41 heavy (non-hydrogen) atoms. The van der Waals surface area contributed by atoms with Gasteiger partial charge in [-0.1, -0.05) is 55.3 Å². The Morgan fingerprint density at radius 2 is 1.66 bits per heavy atom. The zero-order valence-electron chi connectivity index (χ0n) is 24.0. The van der Waals surface area contributed by atoms with Gasteiger partial charge in [-0.3, -0.25) is 13.9 Å². The molecule has 220 valence electrons. The van der Waals surface area contributed by atoms with Gasteiger partial charge in [0, 0.05) is 18.1 Å². The van der Waals surface area contributed by atoms with Gasteiger partial charge in [0.25, 0.3) is 10.0 Å². The van der Waals surface area contributed by atoms with Crippen LogP contribution in [0, 0.1) is 6.92 Å². The van der Waals surface area contributed by atoms with Crippen LogP contribution in [0.1, 0.15) is 44.7 Å². The van der Waals surface area contributed by atoms with Crippen molar-refractivity contribution in [3.05, 3.63) is 88.9 Å². The quantitative estimate of drug-likeness (QED) is 0.261. The third-order valence-electron chi connectivity index (χ3n) is 6.49. The lowest BCUT2D eigenvalue weighted by molar-refractivity contribution is -0.140. The summed E-state index contributed by atoms with van der Waals surface area (Å²) in [5.41, 5.74) is 2.14. The van der Waals surface area contributed by atoms with E-state index in [9.17, 15) is 18.0 Å². The fourth-order valence-electron chi connectivity index (χ4n) is 4.43. The molecule has 0 fully saturated rings. The van der Waals surface area contributed by atoms with Gasteiger partial charge in [0.2, 0.25) is 11.8 Å². The van der Waals surface area contributed by atoms with E-state index in [2.05, 4.69) is 5.32 Å². The number of anilines is 1. The van der Waals surface area contributed by atoms with Crippen LogP contribution in [-0.2, 0) is 26.2 Å². The van der Waals surface area contributed by atoms with E-state index in [1.54, 1.807) is 24.3 Å². The minimum absolute atomic E-state index is 0.0125. The van der Waals surface area contributed by atoms with Gasteiger partial charge in [-0.25, -0.2) is 8.42 Å². The highest BCUT2D eigenvalue weighted by Crippen LogP contribution is 2.27. The van der Waals surface area contributed by atoms with E-state index < -0.39 is 28.5 Å². The molecule has 2 amide bonds. The number of rotatable bonds is 14. The zero-order valence-corrected chi connectivity index (χ0v) is 25.5. The number of nitrogens with zero attached hydrogens (tertiary/aromatic N) is 2. The van der Waals surface area contributed by atoms with Gasteiger partial charge in [0.15, 0.2) is 0 Å². The highest BCUT2D eigenvalue weighted by atomic mass is 35.5. The molecule has 0 spiro atoms. The number of aryl methyl sites for hydroxylation is 1. The van der Waals surface area contributed by atoms with Gasteiger partial charge < -0.3 is 15.0 Å². The van der Waals surface area contributed by atoms with E-state index in [1.165, 1.54) is 29.2 Å². The Hall–Kier alpha value is -3.56. The number of sulfonamides is 1. The second kappa shape index (κ2) is 14.9. The van der Waals surface area contributed by atoms with E-state index in [0.29, 0.717) is 30.3 Å². The standard InChI is InChI=1S/C31H38ClN3O5S/c1-5-19-33-31(37)29(6-2)34(21-24-10-8-9-23(4)20-24)30(36)22-35(26-13-15-27(16-14-26)40-7-3)41(38,39)28-17-11-25(32)12-18-28/h8-18,20,29H,5-7,19,21-22H2,1-4H3,(H,33,37). The predicted molar refractivity (Wildman–Crippen MR) is 163 cm³/mol. The van der Waals surface area contributed by atoms with Crippen molar-refractivity contribution in [2.24, 2.45) is 0 Å². The first kappa shape index (κ1) is 32.0. The molecular formula is C31H38ClN3O5S. The fourth-order valence-corrected chi connectivity index (χ4v) is 5.97. The maximum absolute atomic E-state index is 14.1. The Labute approximate surface area is 248 Å². The number of carbonyl (C=O) groups excluding carboxylic acids is 2. The number of halogens is 1. The van der Waals surface area contributed by atoms with Crippen LogP contribution >= 0.6 is 11.6 Å². The fraction of sp³-hybridized carbons (Fsp3) is 0.355. The number of hydrogen-bond donors (Lipinski definition) is 1. The van der Waals surface area contributed by atoms with Crippen LogP contribution in [0.2, 0.25) is 5.02 Å². The SMILES string of the molecule is CCCNC(=O)C(CC)N(Cc1cccc(C)c1)C(=O)CN(c1ccc(OCC)cc1)S(=O)(=O)c1ccc(Cl)cc1. The molecule has 0 aliphatic carbocycles. The number of hydrogen-bond acceptors (Lipinski definition) is 5. The average molecular weight is 600 g/mol. The van der Waals surface area contributed by atoms with E-state index >= 15 is 0 Å². The van der Waals surface area contributed by atoms with Crippen molar-refractivity contribution in [1.29, 1.82) is 0 Å².